The van der Waals surface area contributed by atoms with E-state index in [9.17, 15) is 9.90 Å². The standard InChI is InChI=1S/C13H23NO3/c1-13(2,3)17-12(16)14-7-9-5-4-6-11(15)10(9)8-14/h9-11,15H,4-8H2,1-3H3/t9-,10+,11+/m1/s1. The molecule has 3 atom stereocenters. The Bertz CT molecular complexity index is 298. The first-order valence-corrected chi connectivity index (χ1v) is 6.53. The molecule has 1 aliphatic heterocycles. The van der Waals surface area contributed by atoms with Crippen LogP contribution >= 0.6 is 0 Å². The summed E-state index contributed by atoms with van der Waals surface area (Å²) < 4.78 is 5.37. The third-order valence-corrected chi connectivity index (χ3v) is 3.71. The van der Waals surface area contributed by atoms with Crippen LogP contribution in [0.2, 0.25) is 0 Å². The van der Waals surface area contributed by atoms with Gasteiger partial charge in [0.05, 0.1) is 6.10 Å². The van der Waals surface area contributed by atoms with Gasteiger partial charge in [0, 0.05) is 19.0 Å². The third kappa shape index (κ3) is 2.92. The monoisotopic (exact) mass is 241 g/mol. The van der Waals surface area contributed by atoms with E-state index in [1.165, 1.54) is 0 Å². The molecule has 0 bridgehead atoms. The highest BCUT2D eigenvalue weighted by atomic mass is 16.6. The lowest BCUT2D eigenvalue weighted by Gasteiger charge is -2.28. The largest absolute Gasteiger partial charge is 0.444 e. The number of hydrogen-bond acceptors (Lipinski definition) is 3. The minimum Gasteiger partial charge on any atom is -0.444 e. The van der Waals surface area contributed by atoms with Crippen molar-refractivity contribution in [3.8, 4) is 0 Å². The topological polar surface area (TPSA) is 49.8 Å². The summed E-state index contributed by atoms with van der Waals surface area (Å²) in [5.41, 5.74) is -0.441. The molecule has 17 heavy (non-hydrogen) atoms. The SMILES string of the molecule is CC(C)(C)OC(=O)N1C[C@H]2CCC[C@H](O)[C@H]2C1. The van der Waals surface area contributed by atoms with E-state index < -0.39 is 5.60 Å². The molecule has 1 heterocycles. The molecule has 4 heteroatoms. The van der Waals surface area contributed by atoms with Gasteiger partial charge in [-0.15, -0.1) is 0 Å². The summed E-state index contributed by atoms with van der Waals surface area (Å²) in [7, 11) is 0. The number of aliphatic hydroxyl groups excluding tert-OH is 1. The molecule has 2 fully saturated rings. The summed E-state index contributed by atoms with van der Waals surface area (Å²) in [6.07, 6.45) is 2.61. The molecule has 0 aromatic carbocycles. The van der Waals surface area contributed by atoms with Gasteiger partial charge in [-0.2, -0.15) is 0 Å². The minimum absolute atomic E-state index is 0.235. The Hall–Kier alpha value is -0.770. The first-order valence-electron chi connectivity index (χ1n) is 6.53. The lowest BCUT2D eigenvalue weighted by Crippen LogP contribution is -2.36. The predicted molar refractivity (Wildman–Crippen MR) is 64.6 cm³/mol. The van der Waals surface area contributed by atoms with Crippen LogP contribution in [-0.4, -0.2) is 40.9 Å². The number of hydrogen-bond donors (Lipinski definition) is 1. The molecule has 0 aromatic heterocycles. The van der Waals surface area contributed by atoms with Crippen molar-refractivity contribution in [3.63, 3.8) is 0 Å². The predicted octanol–water partition coefficient (Wildman–Crippen LogP) is 2.01. The maximum Gasteiger partial charge on any atom is 0.410 e. The molecule has 0 spiro atoms. The van der Waals surface area contributed by atoms with Crippen LogP contribution in [0.5, 0.6) is 0 Å². The Morgan fingerprint density at radius 1 is 1.29 bits per heavy atom. The second kappa shape index (κ2) is 4.48. The van der Waals surface area contributed by atoms with Crippen LogP contribution in [0, 0.1) is 11.8 Å². The zero-order valence-corrected chi connectivity index (χ0v) is 11.0. The fourth-order valence-electron chi connectivity index (χ4n) is 2.92. The number of ether oxygens (including phenoxy) is 1. The normalized spacial score (nSPS) is 33.4. The molecule has 1 saturated heterocycles. The van der Waals surface area contributed by atoms with Crippen LogP contribution in [0.4, 0.5) is 4.79 Å². The molecular formula is C13H23NO3. The van der Waals surface area contributed by atoms with Crippen LogP contribution in [0.15, 0.2) is 0 Å². The summed E-state index contributed by atoms with van der Waals surface area (Å²) in [5, 5.41) is 9.93. The van der Waals surface area contributed by atoms with Crippen LogP contribution in [-0.2, 0) is 4.74 Å². The molecule has 1 aliphatic carbocycles. The van der Waals surface area contributed by atoms with Gasteiger partial charge in [-0.1, -0.05) is 6.42 Å². The number of amides is 1. The molecule has 1 amide bonds. The van der Waals surface area contributed by atoms with Crippen molar-refractivity contribution in [2.24, 2.45) is 11.8 Å². The van der Waals surface area contributed by atoms with Crippen molar-refractivity contribution >= 4 is 6.09 Å². The fourth-order valence-corrected chi connectivity index (χ4v) is 2.92. The van der Waals surface area contributed by atoms with E-state index in [0.717, 1.165) is 25.8 Å². The maximum absolute atomic E-state index is 11.9. The van der Waals surface area contributed by atoms with E-state index in [1.54, 1.807) is 4.90 Å². The highest BCUT2D eigenvalue weighted by Crippen LogP contribution is 2.36. The summed E-state index contributed by atoms with van der Waals surface area (Å²) in [6.45, 7) is 7.03. The smallest absolute Gasteiger partial charge is 0.410 e. The lowest BCUT2D eigenvalue weighted by molar-refractivity contribution is 0.0263. The van der Waals surface area contributed by atoms with Gasteiger partial charge in [-0.25, -0.2) is 4.79 Å². The summed E-state index contributed by atoms with van der Waals surface area (Å²) in [6, 6.07) is 0. The molecule has 0 aromatic rings. The number of rotatable bonds is 0. The average molecular weight is 241 g/mol. The molecule has 2 aliphatic rings. The average Bonchev–Trinajstić information content (AvgIpc) is 2.60. The molecule has 1 N–H and O–H groups in total. The van der Waals surface area contributed by atoms with Gasteiger partial charge in [-0.05, 0) is 39.5 Å². The zero-order chi connectivity index (χ0) is 12.6. The molecule has 1 saturated carbocycles. The van der Waals surface area contributed by atoms with Crippen LogP contribution in [0.25, 0.3) is 0 Å². The molecule has 2 rings (SSSR count). The van der Waals surface area contributed by atoms with E-state index in [1.807, 2.05) is 20.8 Å². The fraction of sp³-hybridized carbons (Fsp3) is 0.923. The first-order chi connectivity index (χ1) is 7.87. The second-order valence-corrected chi connectivity index (χ2v) is 6.31. The number of likely N-dealkylation sites (tertiary alicyclic amines) is 1. The lowest BCUT2D eigenvalue weighted by atomic mass is 9.80. The van der Waals surface area contributed by atoms with Crippen molar-refractivity contribution in [1.29, 1.82) is 0 Å². The number of nitrogens with zero attached hydrogens (tertiary/aromatic N) is 1. The van der Waals surface area contributed by atoms with Crippen molar-refractivity contribution in [3.05, 3.63) is 0 Å². The number of carbonyl (C=O) groups excluding carboxylic acids is 1. The van der Waals surface area contributed by atoms with Gasteiger partial charge >= 0.3 is 6.09 Å². The third-order valence-electron chi connectivity index (χ3n) is 3.71. The van der Waals surface area contributed by atoms with Gasteiger partial charge in [0.2, 0.25) is 0 Å². The molecule has 98 valence electrons. The zero-order valence-electron chi connectivity index (χ0n) is 11.0. The summed E-state index contributed by atoms with van der Waals surface area (Å²) in [5.74, 6) is 0.725. The summed E-state index contributed by atoms with van der Waals surface area (Å²) >= 11 is 0. The molecule has 0 radical (unpaired) electrons. The van der Waals surface area contributed by atoms with E-state index in [-0.39, 0.29) is 18.1 Å². The van der Waals surface area contributed by atoms with Crippen LogP contribution in [0.1, 0.15) is 40.0 Å². The van der Waals surface area contributed by atoms with E-state index >= 15 is 0 Å². The van der Waals surface area contributed by atoms with Gasteiger partial charge < -0.3 is 14.7 Å². The van der Waals surface area contributed by atoms with Gasteiger partial charge in [0.1, 0.15) is 5.60 Å². The molecule has 4 nitrogen and oxygen atoms in total. The van der Waals surface area contributed by atoms with E-state index in [0.29, 0.717) is 12.5 Å². The van der Waals surface area contributed by atoms with Crippen LogP contribution < -0.4 is 0 Å². The van der Waals surface area contributed by atoms with Gasteiger partial charge in [-0.3, -0.25) is 0 Å². The number of carbonyl (C=O) groups is 1. The van der Waals surface area contributed by atoms with Gasteiger partial charge in [0.15, 0.2) is 0 Å². The minimum atomic E-state index is -0.441. The number of aliphatic hydroxyl groups is 1. The van der Waals surface area contributed by atoms with E-state index in [4.69, 9.17) is 4.74 Å². The van der Waals surface area contributed by atoms with Crippen molar-refractivity contribution in [2.75, 3.05) is 13.1 Å². The highest BCUT2D eigenvalue weighted by Gasteiger charge is 2.42. The van der Waals surface area contributed by atoms with Crippen molar-refractivity contribution in [1.82, 2.24) is 4.90 Å². The number of fused-ring (bicyclic) bond motifs is 1. The summed E-state index contributed by atoms with van der Waals surface area (Å²) in [4.78, 5) is 13.7. The Labute approximate surface area is 103 Å². The maximum atomic E-state index is 11.9. The Kier molecular flexibility index (Phi) is 3.34. The Morgan fingerprint density at radius 3 is 2.59 bits per heavy atom. The second-order valence-electron chi connectivity index (χ2n) is 6.31. The molecule has 0 unspecified atom stereocenters. The highest BCUT2D eigenvalue weighted by molar-refractivity contribution is 5.68. The quantitative estimate of drug-likeness (QED) is 0.706. The van der Waals surface area contributed by atoms with Crippen LogP contribution in [0.3, 0.4) is 0 Å². The van der Waals surface area contributed by atoms with E-state index in [2.05, 4.69) is 0 Å². The Morgan fingerprint density at radius 2 is 2.00 bits per heavy atom. The molecular weight excluding hydrogens is 218 g/mol. The van der Waals surface area contributed by atoms with Crippen molar-refractivity contribution in [2.45, 2.75) is 51.7 Å². The first kappa shape index (κ1) is 12.7. The van der Waals surface area contributed by atoms with Crippen molar-refractivity contribution < 1.29 is 14.6 Å². The Balaban J connectivity index is 1.95. The van der Waals surface area contributed by atoms with Gasteiger partial charge in [0.25, 0.3) is 0 Å².